The van der Waals surface area contributed by atoms with E-state index in [9.17, 15) is 9.59 Å². The van der Waals surface area contributed by atoms with Crippen molar-refractivity contribution < 1.29 is 14.3 Å². The van der Waals surface area contributed by atoms with Gasteiger partial charge in [0.2, 0.25) is 0 Å². The Labute approximate surface area is 99.8 Å². The average molecular weight is 236 g/mol. The Balaban J connectivity index is 1.90. The molecule has 1 atom stereocenters. The Morgan fingerprint density at radius 1 is 1.41 bits per heavy atom. The Kier molecular flexibility index (Phi) is 3.46. The van der Waals surface area contributed by atoms with E-state index in [4.69, 9.17) is 4.74 Å². The van der Waals surface area contributed by atoms with Crippen molar-refractivity contribution in [3.63, 3.8) is 0 Å². The van der Waals surface area contributed by atoms with Crippen LogP contribution in [0.5, 0.6) is 0 Å². The van der Waals surface area contributed by atoms with E-state index in [0.717, 1.165) is 25.9 Å². The van der Waals surface area contributed by atoms with Crippen molar-refractivity contribution >= 4 is 11.9 Å². The average Bonchev–Trinajstić information content (AvgIpc) is 3.00. The number of rotatable bonds is 3. The zero-order valence-electron chi connectivity index (χ0n) is 9.81. The zero-order valence-corrected chi connectivity index (χ0v) is 9.81. The molecule has 0 saturated carbocycles. The molecule has 1 saturated heterocycles. The van der Waals surface area contributed by atoms with Gasteiger partial charge in [0.15, 0.2) is 6.10 Å². The van der Waals surface area contributed by atoms with Gasteiger partial charge in [-0.05, 0) is 31.9 Å². The molecule has 5 heteroatoms. The third kappa shape index (κ3) is 2.67. The van der Waals surface area contributed by atoms with Gasteiger partial charge in [-0.1, -0.05) is 0 Å². The lowest BCUT2D eigenvalue weighted by molar-refractivity contribution is -0.138. The lowest BCUT2D eigenvalue weighted by atomic mass is 10.3. The van der Waals surface area contributed by atoms with E-state index in [0.29, 0.717) is 5.69 Å². The maximum atomic E-state index is 11.9. The number of H-pyrrole nitrogens is 1. The Morgan fingerprint density at radius 2 is 2.12 bits per heavy atom. The van der Waals surface area contributed by atoms with E-state index in [1.165, 1.54) is 0 Å². The van der Waals surface area contributed by atoms with Gasteiger partial charge in [-0.25, -0.2) is 4.79 Å². The Bertz CT molecular complexity index is 394. The highest BCUT2D eigenvalue weighted by atomic mass is 16.5. The second-order valence-corrected chi connectivity index (χ2v) is 4.16. The number of nitrogens with one attached hydrogen (secondary N) is 1. The van der Waals surface area contributed by atoms with Crippen molar-refractivity contribution in [1.82, 2.24) is 9.88 Å². The summed E-state index contributed by atoms with van der Waals surface area (Å²) in [5.74, 6) is -0.600. The number of aromatic amines is 1. The minimum Gasteiger partial charge on any atom is -0.448 e. The zero-order chi connectivity index (χ0) is 12.3. The molecule has 0 aliphatic carbocycles. The van der Waals surface area contributed by atoms with Crippen LogP contribution >= 0.6 is 0 Å². The minimum atomic E-state index is -0.719. The molecule has 2 heterocycles. The second-order valence-electron chi connectivity index (χ2n) is 4.16. The summed E-state index contributed by atoms with van der Waals surface area (Å²) in [6, 6.07) is 3.33. The molecule has 92 valence electrons. The highest BCUT2D eigenvalue weighted by Crippen LogP contribution is 2.11. The molecule has 1 aromatic heterocycles. The van der Waals surface area contributed by atoms with E-state index >= 15 is 0 Å². The van der Waals surface area contributed by atoms with Crippen LogP contribution in [0.1, 0.15) is 30.3 Å². The smallest absolute Gasteiger partial charge is 0.355 e. The van der Waals surface area contributed by atoms with E-state index in [1.54, 1.807) is 30.2 Å². The van der Waals surface area contributed by atoms with Gasteiger partial charge in [0, 0.05) is 19.3 Å². The third-order valence-corrected chi connectivity index (χ3v) is 2.87. The third-order valence-electron chi connectivity index (χ3n) is 2.87. The highest BCUT2D eigenvalue weighted by molar-refractivity contribution is 5.90. The van der Waals surface area contributed by atoms with Crippen molar-refractivity contribution in [2.75, 3.05) is 13.1 Å². The number of hydrogen-bond acceptors (Lipinski definition) is 3. The predicted octanol–water partition coefficient (Wildman–Crippen LogP) is 1.18. The number of nitrogens with zero attached hydrogens (tertiary/aromatic N) is 1. The number of ether oxygens (including phenoxy) is 1. The maximum absolute atomic E-state index is 11.9. The van der Waals surface area contributed by atoms with Crippen molar-refractivity contribution in [2.45, 2.75) is 25.9 Å². The van der Waals surface area contributed by atoms with Gasteiger partial charge in [-0.15, -0.1) is 0 Å². The van der Waals surface area contributed by atoms with Gasteiger partial charge < -0.3 is 14.6 Å². The van der Waals surface area contributed by atoms with Gasteiger partial charge in [0.25, 0.3) is 5.91 Å². The van der Waals surface area contributed by atoms with Crippen LogP contribution in [0.15, 0.2) is 18.3 Å². The monoisotopic (exact) mass is 236 g/mol. The number of carbonyl (C=O) groups is 2. The van der Waals surface area contributed by atoms with Crippen LogP contribution in [0.4, 0.5) is 0 Å². The van der Waals surface area contributed by atoms with Crippen molar-refractivity contribution in [1.29, 1.82) is 0 Å². The molecule has 1 aromatic rings. The summed E-state index contributed by atoms with van der Waals surface area (Å²) in [4.78, 5) is 28.0. The molecule has 0 spiro atoms. The van der Waals surface area contributed by atoms with Gasteiger partial charge in [0.1, 0.15) is 5.69 Å². The molecule has 0 radical (unpaired) electrons. The molecule has 17 heavy (non-hydrogen) atoms. The summed E-state index contributed by atoms with van der Waals surface area (Å²) in [5.41, 5.74) is 0.367. The topological polar surface area (TPSA) is 62.4 Å². The van der Waals surface area contributed by atoms with E-state index in [2.05, 4.69) is 4.98 Å². The van der Waals surface area contributed by atoms with Gasteiger partial charge in [-0.3, -0.25) is 4.79 Å². The molecule has 0 unspecified atom stereocenters. The molecule has 1 aliphatic heterocycles. The number of esters is 1. The van der Waals surface area contributed by atoms with Crippen LogP contribution < -0.4 is 0 Å². The van der Waals surface area contributed by atoms with Crippen LogP contribution in [-0.2, 0) is 9.53 Å². The lowest BCUT2D eigenvalue weighted by Gasteiger charge is -2.20. The molecular weight excluding hydrogens is 220 g/mol. The molecule has 0 bridgehead atoms. The normalized spacial score (nSPS) is 16.9. The summed E-state index contributed by atoms with van der Waals surface area (Å²) in [6.45, 7) is 3.15. The van der Waals surface area contributed by atoms with Crippen LogP contribution in [0.25, 0.3) is 0 Å². The second kappa shape index (κ2) is 5.03. The molecule has 1 fully saturated rings. The Morgan fingerprint density at radius 3 is 2.71 bits per heavy atom. The predicted molar refractivity (Wildman–Crippen MR) is 61.5 cm³/mol. The quantitative estimate of drug-likeness (QED) is 0.802. The van der Waals surface area contributed by atoms with Crippen LogP contribution in [0.3, 0.4) is 0 Å². The molecule has 5 nitrogen and oxygen atoms in total. The first-order chi connectivity index (χ1) is 8.18. The summed E-state index contributed by atoms with van der Waals surface area (Å²) in [6.07, 6.45) is 2.99. The highest BCUT2D eigenvalue weighted by Gasteiger charge is 2.26. The first-order valence-electron chi connectivity index (χ1n) is 5.81. The van der Waals surface area contributed by atoms with E-state index in [1.807, 2.05) is 0 Å². The molecule has 1 amide bonds. The fraction of sp³-hybridized carbons (Fsp3) is 0.500. The number of likely N-dealkylation sites (tertiary alicyclic amines) is 1. The van der Waals surface area contributed by atoms with Crippen molar-refractivity contribution in [2.24, 2.45) is 0 Å². The van der Waals surface area contributed by atoms with Crippen LogP contribution in [0, 0.1) is 0 Å². The molecule has 1 N–H and O–H groups in total. The first kappa shape index (κ1) is 11.7. The summed E-state index contributed by atoms with van der Waals surface area (Å²) < 4.78 is 5.11. The molecular formula is C12H16N2O3. The number of aromatic nitrogens is 1. The SMILES string of the molecule is C[C@H](OC(=O)c1ccc[nH]1)C(=O)N1CCCC1. The summed E-state index contributed by atoms with van der Waals surface area (Å²) in [5, 5.41) is 0. The molecule has 1 aliphatic rings. The van der Waals surface area contributed by atoms with Gasteiger partial charge in [-0.2, -0.15) is 0 Å². The largest absolute Gasteiger partial charge is 0.448 e. The van der Waals surface area contributed by atoms with Crippen molar-refractivity contribution in [3.8, 4) is 0 Å². The first-order valence-corrected chi connectivity index (χ1v) is 5.81. The number of carbonyl (C=O) groups excluding carboxylic acids is 2. The number of hydrogen-bond donors (Lipinski definition) is 1. The van der Waals surface area contributed by atoms with Crippen LogP contribution in [0.2, 0.25) is 0 Å². The fourth-order valence-corrected chi connectivity index (χ4v) is 1.93. The summed E-state index contributed by atoms with van der Waals surface area (Å²) in [7, 11) is 0. The lowest BCUT2D eigenvalue weighted by Crippen LogP contribution is -2.38. The van der Waals surface area contributed by atoms with E-state index in [-0.39, 0.29) is 5.91 Å². The maximum Gasteiger partial charge on any atom is 0.355 e. The van der Waals surface area contributed by atoms with E-state index < -0.39 is 12.1 Å². The minimum absolute atomic E-state index is 0.109. The standard InChI is InChI=1S/C12H16N2O3/c1-9(11(15)14-7-2-3-8-14)17-12(16)10-5-4-6-13-10/h4-6,9,13H,2-3,7-8H2,1H3/t9-/m0/s1. The Hall–Kier alpha value is -1.78. The molecule has 2 rings (SSSR count). The summed E-state index contributed by atoms with van der Waals surface area (Å²) >= 11 is 0. The number of amides is 1. The van der Waals surface area contributed by atoms with Crippen LogP contribution in [-0.4, -0.2) is 41.0 Å². The molecule has 0 aromatic carbocycles. The van der Waals surface area contributed by atoms with Crippen molar-refractivity contribution in [3.05, 3.63) is 24.0 Å². The van der Waals surface area contributed by atoms with Gasteiger partial charge in [0.05, 0.1) is 0 Å². The van der Waals surface area contributed by atoms with Gasteiger partial charge >= 0.3 is 5.97 Å². The fourth-order valence-electron chi connectivity index (χ4n) is 1.93.